The van der Waals surface area contributed by atoms with Gasteiger partial charge in [0.05, 0.1) is 0 Å². The van der Waals surface area contributed by atoms with E-state index in [-0.39, 0.29) is 0 Å². The largest absolute Gasteiger partial charge is 0.322 e. The van der Waals surface area contributed by atoms with E-state index in [0.29, 0.717) is 6.54 Å². The first-order chi connectivity index (χ1) is 5.52. The maximum atomic E-state index is 11.3. The average Bonchev–Trinajstić information content (AvgIpc) is 1.95. The third kappa shape index (κ3) is 5.42. The van der Waals surface area contributed by atoms with E-state index in [9.17, 15) is 4.57 Å². The van der Waals surface area contributed by atoms with E-state index >= 15 is 0 Å². The summed E-state index contributed by atoms with van der Waals surface area (Å²) in [6.45, 7) is 5.54. The zero-order valence-corrected chi connectivity index (χ0v) is 10.0. The highest BCUT2D eigenvalue weighted by Crippen LogP contribution is 2.59. The van der Waals surface area contributed by atoms with Crippen LogP contribution in [-0.2, 0) is 4.57 Å². The number of rotatable bonds is 6. The van der Waals surface area contributed by atoms with Gasteiger partial charge in [-0.2, -0.15) is 0 Å². The van der Waals surface area contributed by atoms with E-state index in [1.807, 2.05) is 6.92 Å². The maximum Gasteiger partial charge on any atom is 0.322 e. The summed E-state index contributed by atoms with van der Waals surface area (Å²) in [4.78, 5) is 0. The van der Waals surface area contributed by atoms with Gasteiger partial charge in [0.2, 0.25) is 0 Å². The lowest BCUT2D eigenvalue weighted by Crippen LogP contribution is -2.18. The van der Waals surface area contributed by atoms with E-state index in [1.54, 1.807) is 4.67 Å². The molecule has 0 aromatic rings. The van der Waals surface area contributed by atoms with Gasteiger partial charge in [-0.05, 0) is 35.3 Å². The molecular formula is C7H16Cl2NOP. The van der Waals surface area contributed by atoms with Crippen molar-refractivity contribution in [1.29, 1.82) is 0 Å². The van der Waals surface area contributed by atoms with Crippen LogP contribution >= 0.6 is 28.5 Å². The first-order valence-electron chi connectivity index (χ1n) is 4.27. The fraction of sp³-hybridized carbons (Fsp3) is 1.00. The summed E-state index contributed by atoms with van der Waals surface area (Å²) >= 11 is 11.1. The van der Waals surface area contributed by atoms with Gasteiger partial charge in [0.25, 0.3) is 0 Å². The predicted molar refractivity (Wildman–Crippen MR) is 56.1 cm³/mol. The smallest absolute Gasteiger partial charge is 0.271 e. The van der Waals surface area contributed by atoms with Crippen LogP contribution in [0.5, 0.6) is 0 Å². The summed E-state index contributed by atoms with van der Waals surface area (Å²) in [6.07, 6.45) is 2.98. The normalized spacial score (nSPS) is 12.4. The molecule has 0 aliphatic carbocycles. The monoisotopic (exact) mass is 231 g/mol. The van der Waals surface area contributed by atoms with Gasteiger partial charge in [0.1, 0.15) is 0 Å². The Balaban J connectivity index is 3.95. The average molecular weight is 232 g/mol. The number of unbranched alkanes of at least 4 members (excludes halogenated alkanes) is 1. The Morgan fingerprint density at radius 2 is 1.75 bits per heavy atom. The summed E-state index contributed by atoms with van der Waals surface area (Å²) in [5, 5.41) is 0. The van der Waals surface area contributed by atoms with Crippen LogP contribution in [0.2, 0.25) is 0 Å². The lowest BCUT2D eigenvalue weighted by Gasteiger charge is -2.21. The van der Waals surface area contributed by atoms with Crippen molar-refractivity contribution in [3.05, 3.63) is 0 Å². The van der Waals surface area contributed by atoms with E-state index in [0.717, 1.165) is 25.8 Å². The van der Waals surface area contributed by atoms with Gasteiger partial charge in [-0.15, -0.1) is 0 Å². The lowest BCUT2D eigenvalue weighted by molar-refractivity contribution is 0.418. The molecule has 0 aliphatic heterocycles. The summed E-state index contributed by atoms with van der Waals surface area (Å²) in [5.41, 5.74) is 0. The summed E-state index contributed by atoms with van der Waals surface area (Å²) < 4.78 is 12.9. The van der Waals surface area contributed by atoms with Gasteiger partial charge < -0.3 is 0 Å². The molecule has 0 unspecified atom stereocenters. The predicted octanol–water partition coefficient (Wildman–Crippen LogP) is 4.08. The molecule has 0 aromatic carbocycles. The van der Waals surface area contributed by atoms with Gasteiger partial charge in [-0.3, -0.25) is 4.57 Å². The third-order valence-corrected chi connectivity index (χ3v) is 3.92. The van der Waals surface area contributed by atoms with Crippen molar-refractivity contribution in [2.24, 2.45) is 0 Å². The molecule has 0 N–H and O–H groups in total. The fourth-order valence-corrected chi connectivity index (χ4v) is 2.66. The van der Waals surface area contributed by atoms with Crippen molar-refractivity contribution in [3.63, 3.8) is 0 Å². The molecule has 0 atom stereocenters. The van der Waals surface area contributed by atoms with Crippen LogP contribution in [0.4, 0.5) is 0 Å². The summed E-state index contributed by atoms with van der Waals surface area (Å²) in [7, 11) is 0. The highest BCUT2D eigenvalue weighted by molar-refractivity contribution is 8.06. The zero-order chi connectivity index (χ0) is 9.61. The van der Waals surface area contributed by atoms with Crippen molar-refractivity contribution >= 4 is 28.5 Å². The second-order valence-corrected chi connectivity index (χ2v) is 7.45. The summed E-state index contributed by atoms with van der Waals surface area (Å²) in [6, 6.07) is 0. The van der Waals surface area contributed by atoms with E-state index < -0.39 is 6.00 Å². The number of hydrogen-bond acceptors (Lipinski definition) is 1. The Hall–Kier alpha value is 0.770. The van der Waals surface area contributed by atoms with Gasteiger partial charge in [-0.1, -0.05) is 20.3 Å². The van der Waals surface area contributed by atoms with Gasteiger partial charge in [0.15, 0.2) is 0 Å². The van der Waals surface area contributed by atoms with Crippen molar-refractivity contribution in [1.82, 2.24) is 4.67 Å². The first kappa shape index (κ1) is 12.8. The molecule has 0 heterocycles. The van der Waals surface area contributed by atoms with Crippen LogP contribution in [0, 0.1) is 0 Å². The molecule has 12 heavy (non-hydrogen) atoms. The molecule has 0 aliphatic rings. The van der Waals surface area contributed by atoms with Crippen molar-refractivity contribution < 1.29 is 4.57 Å². The van der Waals surface area contributed by atoms with E-state index in [2.05, 4.69) is 6.92 Å². The number of nitrogens with zero attached hydrogens (tertiary/aromatic N) is 1. The van der Waals surface area contributed by atoms with Gasteiger partial charge >= 0.3 is 6.00 Å². The minimum absolute atomic E-state index is 0.713. The molecule has 0 radical (unpaired) electrons. The molecule has 5 heteroatoms. The minimum atomic E-state index is -3.04. The maximum absolute atomic E-state index is 11.3. The molecule has 0 fully saturated rings. The van der Waals surface area contributed by atoms with Gasteiger partial charge in [-0.25, -0.2) is 4.67 Å². The molecular weight excluding hydrogens is 216 g/mol. The van der Waals surface area contributed by atoms with Crippen LogP contribution in [0.1, 0.15) is 33.1 Å². The topological polar surface area (TPSA) is 20.3 Å². The van der Waals surface area contributed by atoms with E-state index in [1.165, 1.54) is 0 Å². The molecule has 0 saturated heterocycles. The van der Waals surface area contributed by atoms with Crippen LogP contribution in [-0.4, -0.2) is 17.8 Å². The first-order valence-corrected chi connectivity index (χ1v) is 7.74. The molecule has 0 amide bonds. The molecule has 0 bridgehead atoms. The molecule has 0 aromatic heterocycles. The van der Waals surface area contributed by atoms with Crippen molar-refractivity contribution in [2.75, 3.05) is 13.1 Å². The Kier molecular flexibility index (Phi) is 6.66. The number of hydrogen-bond donors (Lipinski definition) is 0. The Labute approximate surface area is 84.2 Å². The Bertz CT molecular complexity index is 159. The van der Waals surface area contributed by atoms with E-state index in [4.69, 9.17) is 22.5 Å². The molecule has 0 saturated carbocycles. The van der Waals surface area contributed by atoms with Gasteiger partial charge in [0, 0.05) is 13.1 Å². The third-order valence-electron chi connectivity index (χ3n) is 1.58. The number of halogens is 2. The van der Waals surface area contributed by atoms with Crippen molar-refractivity contribution in [2.45, 2.75) is 33.1 Å². The van der Waals surface area contributed by atoms with Crippen LogP contribution in [0.3, 0.4) is 0 Å². The van der Waals surface area contributed by atoms with Crippen LogP contribution in [0.15, 0.2) is 0 Å². The summed E-state index contributed by atoms with van der Waals surface area (Å²) in [5.74, 6) is -3.04. The Morgan fingerprint density at radius 1 is 1.17 bits per heavy atom. The van der Waals surface area contributed by atoms with Crippen LogP contribution < -0.4 is 0 Å². The standard InChI is InChI=1S/C7H16Cl2NOP/c1-3-5-7-10(6-4-2)12(8,9)11/h3-7H2,1-2H3. The minimum Gasteiger partial charge on any atom is -0.271 e. The van der Waals surface area contributed by atoms with Crippen molar-refractivity contribution in [3.8, 4) is 0 Å². The SMILES string of the molecule is CCCCN(CCC)P(=O)(Cl)Cl. The molecule has 0 spiro atoms. The molecule has 0 rings (SSSR count). The quantitative estimate of drug-likeness (QED) is 0.643. The second kappa shape index (κ2) is 6.26. The zero-order valence-electron chi connectivity index (χ0n) is 7.59. The second-order valence-electron chi connectivity index (χ2n) is 2.74. The Morgan fingerprint density at radius 3 is 2.08 bits per heavy atom. The van der Waals surface area contributed by atoms with Crippen LogP contribution in [0.25, 0.3) is 0 Å². The highest BCUT2D eigenvalue weighted by atomic mass is 35.9. The highest BCUT2D eigenvalue weighted by Gasteiger charge is 2.23. The molecule has 74 valence electrons. The fourth-order valence-electron chi connectivity index (χ4n) is 0.943. The molecule has 2 nitrogen and oxygen atoms in total. The lowest BCUT2D eigenvalue weighted by atomic mass is 10.3.